The van der Waals surface area contributed by atoms with Crippen LogP contribution in [-0.4, -0.2) is 20.4 Å². The molecule has 0 atom stereocenters. The first-order valence-electron chi connectivity index (χ1n) is 5.78. The first-order chi connectivity index (χ1) is 9.34. The Morgan fingerprint density at radius 1 is 1.35 bits per heavy atom. The summed E-state index contributed by atoms with van der Waals surface area (Å²) in [5.74, 6) is -0.796. The molecular formula is C13H14FN3O2S. The molecule has 0 bridgehead atoms. The van der Waals surface area contributed by atoms with Crippen molar-refractivity contribution in [2.45, 2.75) is 11.8 Å². The Balaban J connectivity index is 2.57. The van der Waals surface area contributed by atoms with Crippen LogP contribution < -0.4 is 10.0 Å². The predicted octanol–water partition coefficient (Wildman–Crippen LogP) is 1.94. The molecule has 0 aliphatic carbocycles. The molecule has 1 aromatic heterocycles. The third kappa shape index (κ3) is 2.44. The van der Waals surface area contributed by atoms with Crippen molar-refractivity contribution in [3.63, 3.8) is 0 Å². The van der Waals surface area contributed by atoms with Gasteiger partial charge in [-0.1, -0.05) is 0 Å². The highest BCUT2D eigenvalue weighted by Gasteiger charge is 2.26. The summed E-state index contributed by atoms with van der Waals surface area (Å²) in [4.78, 5) is 3.40. The highest BCUT2D eigenvalue weighted by molar-refractivity contribution is 7.92. The molecule has 0 amide bonds. The Morgan fingerprint density at radius 3 is 2.65 bits per heavy atom. The van der Waals surface area contributed by atoms with Crippen LogP contribution in [0.3, 0.4) is 0 Å². The number of anilines is 2. The maximum absolute atomic E-state index is 14.1. The van der Waals surface area contributed by atoms with E-state index in [1.165, 1.54) is 32.4 Å². The zero-order valence-corrected chi connectivity index (χ0v) is 11.9. The number of hydrogen-bond acceptors (Lipinski definition) is 4. The van der Waals surface area contributed by atoms with E-state index in [1.54, 1.807) is 12.1 Å². The summed E-state index contributed by atoms with van der Waals surface area (Å²) >= 11 is 0. The molecule has 2 N–H and O–H groups in total. The molecule has 106 valence electrons. The number of sulfonamides is 1. The second-order valence-corrected chi connectivity index (χ2v) is 6.27. The number of hydrogen-bond donors (Lipinski definition) is 1. The molecule has 0 saturated heterocycles. The van der Waals surface area contributed by atoms with Crippen LogP contribution in [0, 0.1) is 12.7 Å². The van der Waals surface area contributed by atoms with Gasteiger partial charge in [-0.3, -0.25) is 9.29 Å². The highest BCUT2D eigenvalue weighted by atomic mass is 32.2. The molecule has 1 heterocycles. The fourth-order valence-corrected chi connectivity index (χ4v) is 3.13. The maximum atomic E-state index is 14.1. The lowest BCUT2D eigenvalue weighted by Crippen LogP contribution is -2.27. The lowest BCUT2D eigenvalue weighted by molar-refractivity contribution is 0.561. The number of nitrogens with zero attached hydrogens (tertiary/aromatic N) is 2. The first kappa shape index (κ1) is 14.3. The zero-order valence-electron chi connectivity index (χ0n) is 11.0. The van der Waals surface area contributed by atoms with Crippen molar-refractivity contribution in [2.75, 3.05) is 17.1 Å². The number of rotatable bonds is 3. The third-order valence-corrected chi connectivity index (χ3v) is 4.68. The largest absolute Gasteiger partial charge is 0.399 e. The number of aryl methyl sites for hydroxylation is 1. The monoisotopic (exact) mass is 295 g/mol. The number of halogens is 1. The normalized spacial score (nSPS) is 11.3. The van der Waals surface area contributed by atoms with E-state index < -0.39 is 20.7 Å². The Hall–Kier alpha value is -2.15. The standard InChI is InChI=1S/C13H14FN3O2S/c1-9-6-10(15)7-12(13(9)14)20(18,19)17(2)11-4-3-5-16-8-11/h3-8H,15H2,1-2H3. The summed E-state index contributed by atoms with van der Waals surface area (Å²) in [5.41, 5.74) is 6.32. The van der Waals surface area contributed by atoms with Gasteiger partial charge in [0.05, 0.1) is 11.9 Å². The molecular weight excluding hydrogens is 281 g/mol. The van der Waals surface area contributed by atoms with Gasteiger partial charge >= 0.3 is 0 Å². The molecule has 0 unspecified atom stereocenters. The highest BCUT2D eigenvalue weighted by Crippen LogP contribution is 2.26. The van der Waals surface area contributed by atoms with Crippen molar-refractivity contribution in [3.05, 3.63) is 48.0 Å². The number of aromatic nitrogens is 1. The summed E-state index contributed by atoms with van der Waals surface area (Å²) in [6, 6.07) is 5.67. The number of pyridine rings is 1. The van der Waals surface area contributed by atoms with Crippen LogP contribution in [0.1, 0.15) is 5.56 Å². The molecule has 0 fully saturated rings. The summed E-state index contributed by atoms with van der Waals surface area (Å²) in [7, 11) is -2.69. The summed E-state index contributed by atoms with van der Waals surface area (Å²) in [5, 5.41) is 0. The number of nitrogen functional groups attached to an aromatic ring is 1. The van der Waals surface area contributed by atoms with Crippen molar-refractivity contribution < 1.29 is 12.8 Å². The Labute approximate surface area is 116 Å². The van der Waals surface area contributed by atoms with Crippen LogP contribution in [-0.2, 0) is 10.0 Å². The van der Waals surface area contributed by atoms with Crippen molar-refractivity contribution in [3.8, 4) is 0 Å². The topological polar surface area (TPSA) is 76.3 Å². The van der Waals surface area contributed by atoms with Crippen molar-refractivity contribution in [1.29, 1.82) is 0 Å². The minimum atomic E-state index is -4.03. The van der Waals surface area contributed by atoms with Gasteiger partial charge in [-0.2, -0.15) is 0 Å². The van der Waals surface area contributed by atoms with Crippen molar-refractivity contribution in [2.24, 2.45) is 0 Å². The second kappa shape index (κ2) is 5.09. The van der Waals surface area contributed by atoms with Crippen LogP contribution in [0.5, 0.6) is 0 Å². The predicted molar refractivity (Wildman–Crippen MR) is 75.4 cm³/mol. The van der Waals surface area contributed by atoms with Crippen LogP contribution in [0.25, 0.3) is 0 Å². The quantitative estimate of drug-likeness (QED) is 0.878. The molecule has 0 aliphatic heterocycles. The van der Waals surface area contributed by atoms with Gasteiger partial charge in [0.25, 0.3) is 10.0 Å². The van der Waals surface area contributed by atoms with Crippen LogP contribution in [0.2, 0.25) is 0 Å². The summed E-state index contributed by atoms with van der Waals surface area (Å²) < 4.78 is 40.0. The molecule has 0 saturated carbocycles. The van der Waals surface area contributed by atoms with Gasteiger partial charge in [0, 0.05) is 18.9 Å². The average molecular weight is 295 g/mol. The van der Waals surface area contributed by atoms with E-state index in [9.17, 15) is 12.8 Å². The maximum Gasteiger partial charge on any atom is 0.267 e. The molecule has 1 aromatic carbocycles. The Bertz CT molecular complexity index is 733. The molecule has 7 heteroatoms. The zero-order chi connectivity index (χ0) is 14.9. The van der Waals surface area contributed by atoms with Crippen LogP contribution >= 0.6 is 0 Å². The minimum absolute atomic E-state index is 0.183. The van der Waals surface area contributed by atoms with E-state index in [2.05, 4.69) is 4.98 Å². The number of nitrogens with two attached hydrogens (primary N) is 1. The second-order valence-electron chi connectivity index (χ2n) is 4.33. The molecule has 0 radical (unpaired) electrons. The lowest BCUT2D eigenvalue weighted by Gasteiger charge is -2.20. The van der Waals surface area contributed by atoms with E-state index >= 15 is 0 Å². The fourth-order valence-electron chi connectivity index (χ4n) is 1.78. The van der Waals surface area contributed by atoms with E-state index in [1.807, 2.05) is 0 Å². The molecule has 5 nitrogen and oxygen atoms in total. The van der Waals surface area contributed by atoms with Crippen LogP contribution in [0.4, 0.5) is 15.8 Å². The number of benzene rings is 1. The van der Waals surface area contributed by atoms with E-state index in [4.69, 9.17) is 5.73 Å². The molecule has 2 aromatic rings. The van der Waals surface area contributed by atoms with E-state index in [0.717, 1.165) is 10.4 Å². The van der Waals surface area contributed by atoms with E-state index in [0.29, 0.717) is 5.69 Å². The van der Waals surface area contributed by atoms with Gasteiger partial charge in [0.1, 0.15) is 10.7 Å². The third-order valence-electron chi connectivity index (χ3n) is 2.89. The Morgan fingerprint density at radius 2 is 2.05 bits per heavy atom. The van der Waals surface area contributed by atoms with Gasteiger partial charge in [-0.05, 0) is 36.8 Å². The van der Waals surface area contributed by atoms with Gasteiger partial charge < -0.3 is 5.73 Å². The average Bonchev–Trinajstić information content (AvgIpc) is 2.42. The SMILES string of the molecule is Cc1cc(N)cc(S(=O)(=O)N(C)c2cccnc2)c1F. The Kier molecular flexibility index (Phi) is 3.63. The van der Waals surface area contributed by atoms with E-state index in [-0.39, 0.29) is 11.3 Å². The van der Waals surface area contributed by atoms with Crippen molar-refractivity contribution >= 4 is 21.4 Å². The van der Waals surface area contributed by atoms with Crippen molar-refractivity contribution in [1.82, 2.24) is 4.98 Å². The smallest absolute Gasteiger partial charge is 0.267 e. The van der Waals surface area contributed by atoms with Gasteiger partial charge in [0.2, 0.25) is 0 Å². The molecule has 20 heavy (non-hydrogen) atoms. The molecule has 0 aliphatic rings. The van der Waals surface area contributed by atoms with Crippen LogP contribution in [0.15, 0.2) is 41.6 Å². The fraction of sp³-hybridized carbons (Fsp3) is 0.154. The summed E-state index contributed by atoms with van der Waals surface area (Å²) in [6.07, 6.45) is 2.91. The molecule has 0 spiro atoms. The first-order valence-corrected chi connectivity index (χ1v) is 7.22. The molecule has 2 rings (SSSR count). The minimum Gasteiger partial charge on any atom is -0.399 e. The van der Waals surface area contributed by atoms with Gasteiger partial charge in [-0.15, -0.1) is 0 Å². The van der Waals surface area contributed by atoms with Gasteiger partial charge in [-0.25, -0.2) is 12.8 Å². The van der Waals surface area contributed by atoms with Gasteiger partial charge in [0.15, 0.2) is 0 Å². The lowest BCUT2D eigenvalue weighted by atomic mass is 10.2. The summed E-state index contributed by atoms with van der Waals surface area (Å²) in [6.45, 7) is 1.47.